The number of allylic oxidation sites excluding steroid dienone is 1. The van der Waals surface area contributed by atoms with Gasteiger partial charge in [0.2, 0.25) is 0 Å². The summed E-state index contributed by atoms with van der Waals surface area (Å²) in [4.78, 5) is 0. The molecule has 2 heteroatoms. The Hall–Kier alpha value is -0.810. The van der Waals surface area contributed by atoms with Gasteiger partial charge in [-0.15, -0.1) is 0 Å². The summed E-state index contributed by atoms with van der Waals surface area (Å²) in [7, 11) is 0. The molecule has 4 fully saturated rings. The summed E-state index contributed by atoms with van der Waals surface area (Å²) in [5.41, 5.74) is 1.00. The second kappa shape index (κ2) is 5.09. The quantitative estimate of drug-likeness (QED) is 0.659. The lowest BCUT2D eigenvalue weighted by molar-refractivity contribution is -0.0828. The van der Waals surface area contributed by atoms with Gasteiger partial charge in [0.05, 0.1) is 17.6 Å². The molecule has 8 atom stereocenters. The van der Waals surface area contributed by atoms with Gasteiger partial charge in [-0.1, -0.05) is 19.1 Å². The third kappa shape index (κ3) is 2.15. The number of nitriles is 1. The summed E-state index contributed by atoms with van der Waals surface area (Å²) < 4.78 is 0. The van der Waals surface area contributed by atoms with Crippen LogP contribution in [0, 0.1) is 52.3 Å². The van der Waals surface area contributed by atoms with E-state index >= 15 is 0 Å². The number of nitrogens with zero attached hydrogens (tertiary/aromatic N) is 1. The van der Waals surface area contributed by atoms with Gasteiger partial charge in [-0.05, 0) is 87.9 Å². The number of hydrogen-bond acceptors (Lipinski definition) is 2. The van der Waals surface area contributed by atoms with Crippen molar-refractivity contribution < 1.29 is 5.11 Å². The highest BCUT2D eigenvalue weighted by Crippen LogP contribution is 2.65. The van der Waals surface area contributed by atoms with Crippen LogP contribution in [0.25, 0.3) is 0 Å². The maximum Gasteiger partial charge on any atom is 0.0665 e. The van der Waals surface area contributed by atoms with E-state index in [1.54, 1.807) is 0 Å². The number of fused-ring (bicyclic) bond motifs is 5. The zero-order valence-corrected chi connectivity index (χ0v) is 14.7. The summed E-state index contributed by atoms with van der Waals surface area (Å²) in [6.45, 7) is 8.85. The van der Waals surface area contributed by atoms with Crippen molar-refractivity contribution in [2.45, 2.75) is 70.8 Å². The standard InChI is InChI=1S/C21H31NO/c1-13-10-18-16-8-9-20(2,23)11-14(16)4-6-17(18)19-7-5-15(12-22)21(13,19)3/h14-19,23H,1,4-11H2,2-3H3/t14-,15-,16+,17-,18-,19+,20-,21-/m1/s1. The predicted molar refractivity (Wildman–Crippen MR) is 91.4 cm³/mol. The summed E-state index contributed by atoms with van der Waals surface area (Å²) in [5.74, 6) is 3.94. The van der Waals surface area contributed by atoms with E-state index in [0.717, 1.165) is 43.4 Å². The molecule has 0 aromatic rings. The van der Waals surface area contributed by atoms with Crippen LogP contribution in [0.1, 0.15) is 65.2 Å². The molecule has 0 unspecified atom stereocenters. The second-order valence-corrected chi connectivity index (χ2v) is 9.52. The van der Waals surface area contributed by atoms with E-state index in [1.165, 1.54) is 31.3 Å². The van der Waals surface area contributed by atoms with E-state index in [9.17, 15) is 10.4 Å². The van der Waals surface area contributed by atoms with Gasteiger partial charge in [0.1, 0.15) is 0 Å². The molecule has 0 aromatic heterocycles. The number of rotatable bonds is 0. The van der Waals surface area contributed by atoms with E-state index in [0.29, 0.717) is 11.8 Å². The monoisotopic (exact) mass is 313 g/mol. The van der Waals surface area contributed by atoms with Crippen molar-refractivity contribution >= 4 is 0 Å². The molecule has 2 nitrogen and oxygen atoms in total. The maximum atomic E-state index is 10.5. The molecule has 4 aliphatic carbocycles. The van der Waals surface area contributed by atoms with Crippen molar-refractivity contribution in [3.05, 3.63) is 12.2 Å². The first-order valence-electron chi connectivity index (χ1n) is 9.67. The SMILES string of the molecule is C=C1C[C@H]2[C@@H](CC[C@@H]3C[C@](C)(O)CC[C@@H]32)[C@@H]2CC[C@H](C#N)[C@@]12C. The number of aliphatic hydroxyl groups is 1. The molecule has 0 bridgehead atoms. The first-order valence-corrected chi connectivity index (χ1v) is 9.67. The van der Waals surface area contributed by atoms with Crippen LogP contribution < -0.4 is 0 Å². The topological polar surface area (TPSA) is 44.0 Å². The van der Waals surface area contributed by atoms with Crippen LogP contribution in [0.2, 0.25) is 0 Å². The smallest absolute Gasteiger partial charge is 0.0665 e. The lowest BCUT2D eigenvalue weighted by Gasteiger charge is -2.57. The van der Waals surface area contributed by atoms with Crippen molar-refractivity contribution in [3.8, 4) is 6.07 Å². The highest BCUT2D eigenvalue weighted by molar-refractivity contribution is 5.26. The maximum absolute atomic E-state index is 10.5. The molecule has 1 N–H and O–H groups in total. The Labute approximate surface area is 141 Å². The fraction of sp³-hybridized carbons (Fsp3) is 0.857. The Morgan fingerprint density at radius 3 is 2.61 bits per heavy atom. The molecule has 0 spiro atoms. The molecule has 0 aliphatic heterocycles. The van der Waals surface area contributed by atoms with E-state index in [-0.39, 0.29) is 11.3 Å². The van der Waals surface area contributed by atoms with Crippen LogP contribution in [0.4, 0.5) is 0 Å². The van der Waals surface area contributed by atoms with Crippen molar-refractivity contribution in [1.29, 1.82) is 5.26 Å². The first-order chi connectivity index (χ1) is 10.9. The van der Waals surface area contributed by atoms with Gasteiger partial charge >= 0.3 is 0 Å². The Kier molecular flexibility index (Phi) is 3.48. The molecular weight excluding hydrogens is 282 g/mol. The lowest BCUT2D eigenvalue weighted by atomic mass is 9.48. The zero-order valence-electron chi connectivity index (χ0n) is 14.7. The highest BCUT2D eigenvalue weighted by Gasteiger charge is 2.59. The Morgan fingerprint density at radius 2 is 1.87 bits per heavy atom. The minimum atomic E-state index is -0.437. The largest absolute Gasteiger partial charge is 0.390 e. The van der Waals surface area contributed by atoms with Gasteiger partial charge in [-0.2, -0.15) is 5.26 Å². The van der Waals surface area contributed by atoms with Crippen LogP contribution in [0.5, 0.6) is 0 Å². The molecule has 4 rings (SSSR count). The third-order valence-electron chi connectivity index (χ3n) is 8.47. The van der Waals surface area contributed by atoms with Gasteiger partial charge in [-0.25, -0.2) is 0 Å². The fourth-order valence-electron chi connectivity index (χ4n) is 7.23. The Bertz CT molecular complexity index is 559. The molecule has 0 saturated heterocycles. The minimum Gasteiger partial charge on any atom is -0.390 e. The molecule has 4 aliphatic rings. The van der Waals surface area contributed by atoms with E-state index in [2.05, 4.69) is 19.6 Å². The average Bonchev–Trinajstić information content (AvgIpc) is 2.84. The van der Waals surface area contributed by atoms with Crippen LogP contribution in [0.15, 0.2) is 12.2 Å². The molecule has 126 valence electrons. The molecule has 0 heterocycles. The first kappa shape index (κ1) is 15.7. The second-order valence-electron chi connectivity index (χ2n) is 9.52. The van der Waals surface area contributed by atoms with Gasteiger partial charge in [0.15, 0.2) is 0 Å². The highest BCUT2D eigenvalue weighted by atomic mass is 16.3. The van der Waals surface area contributed by atoms with E-state index < -0.39 is 5.60 Å². The average molecular weight is 313 g/mol. The molecule has 4 saturated carbocycles. The van der Waals surface area contributed by atoms with Gasteiger partial charge in [0.25, 0.3) is 0 Å². The molecule has 0 radical (unpaired) electrons. The van der Waals surface area contributed by atoms with E-state index in [1.807, 2.05) is 6.92 Å². The summed E-state index contributed by atoms with van der Waals surface area (Å²) >= 11 is 0. The van der Waals surface area contributed by atoms with Crippen LogP contribution >= 0.6 is 0 Å². The fourth-order valence-corrected chi connectivity index (χ4v) is 7.23. The lowest BCUT2D eigenvalue weighted by Crippen LogP contribution is -2.51. The van der Waals surface area contributed by atoms with Crippen LogP contribution in [0.3, 0.4) is 0 Å². The predicted octanol–water partition coefficient (Wildman–Crippen LogP) is 4.70. The molecule has 0 amide bonds. The van der Waals surface area contributed by atoms with Crippen LogP contribution in [-0.4, -0.2) is 10.7 Å². The van der Waals surface area contributed by atoms with Gasteiger partial charge < -0.3 is 5.11 Å². The van der Waals surface area contributed by atoms with Crippen molar-refractivity contribution in [2.75, 3.05) is 0 Å². The molecule has 0 aromatic carbocycles. The van der Waals surface area contributed by atoms with E-state index in [4.69, 9.17) is 0 Å². The van der Waals surface area contributed by atoms with Crippen molar-refractivity contribution in [1.82, 2.24) is 0 Å². The van der Waals surface area contributed by atoms with Crippen molar-refractivity contribution in [2.24, 2.45) is 40.9 Å². The summed E-state index contributed by atoms with van der Waals surface area (Å²) in [5, 5.41) is 20.1. The number of hydrogen-bond donors (Lipinski definition) is 1. The Balaban J connectivity index is 1.62. The van der Waals surface area contributed by atoms with Crippen molar-refractivity contribution in [3.63, 3.8) is 0 Å². The summed E-state index contributed by atoms with van der Waals surface area (Å²) in [6, 6.07) is 2.60. The van der Waals surface area contributed by atoms with Crippen LogP contribution in [-0.2, 0) is 0 Å². The third-order valence-corrected chi connectivity index (χ3v) is 8.47. The molecule has 23 heavy (non-hydrogen) atoms. The van der Waals surface area contributed by atoms with Gasteiger partial charge in [-0.3, -0.25) is 0 Å². The molecular formula is C21H31NO. The minimum absolute atomic E-state index is 0.0723. The summed E-state index contributed by atoms with van der Waals surface area (Å²) in [6.07, 6.45) is 9.19. The zero-order chi connectivity index (χ0) is 16.4. The Morgan fingerprint density at radius 1 is 1.09 bits per heavy atom. The normalized spacial score (nSPS) is 55.5. The van der Waals surface area contributed by atoms with Gasteiger partial charge in [0, 0.05) is 5.41 Å².